The van der Waals surface area contributed by atoms with Crippen LogP contribution in [0.1, 0.15) is 28.3 Å². The van der Waals surface area contributed by atoms with Gasteiger partial charge in [-0.05, 0) is 13.8 Å². The van der Waals surface area contributed by atoms with E-state index in [1.807, 2.05) is 18.7 Å². The summed E-state index contributed by atoms with van der Waals surface area (Å²) in [5.74, 6) is 1.66. The third kappa shape index (κ3) is 4.59. The van der Waals surface area contributed by atoms with E-state index in [0.29, 0.717) is 43.7 Å². The number of fused-ring (bicyclic) bond motifs is 1. The molecule has 1 aliphatic heterocycles. The summed E-state index contributed by atoms with van der Waals surface area (Å²) in [5.41, 5.74) is 9.57. The number of aliphatic hydroxyl groups excluding tert-OH is 2. The maximum Gasteiger partial charge on any atom is 0.223 e. The SMILES string of the molecule is COc1c(C)cnc(CN2CC(CN(CCO)CCO)c3c(Cl)nc(N)nc32)c1C. The average molecular weight is 437 g/mol. The van der Waals surface area contributed by atoms with Gasteiger partial charge in [-0.25, -0.2) is 4.98 Å². The molecule has 0 aliphatic carbocycles. The van der Waals surface area contributed by atoms with Gasteiger partial charge in [-0.15, -0.1) is 0 Å². The Hall–Kier alpha value is -2.20. The van der Waals surface area contributed by atoms with Gasteiger partial charge in [0, 0.05) is 55.0 Å². The molecule has 0 radical (unpaired) electrons. The largest absolute Gasteiger partial charge is 0.496 e. The Bertz CT molecular complexity index is 891. The first-order valence-corrected chi connectivity index (χ1v) is 10.3. The molecule has 9 nitrogen and oxygen atoms in total. The van der Waals surface area contributed by atoms with Gasteiger partial charge in [0.05, 0.1) is 32.6 Å². The Morgan fingerprint density at radius 3 is 2.60 bits per heavy atom. The highest BCUT2D eigenvalue weighted by Gasteiger charge is 2.35. The number of methoxy groups -OCH3 is 1. The van der Waals surface area contributed by atoms with Crippen molar-refractivity contribution in [3.8, 4) is 5.75 Å². The van der Waals surface area contributed by atoms with Crippen molar-refractivity contribution in [1.29, 1.82) is 0 Å². The van der Waals surface area contributed by atoms with Crippen molar-refractivity contribution in [2.24, 2.45) is 0 Å². The molecule has 1 atom stereocenters. The molecule has 0 amide bonds. The van der Waals surface area contributed by atoms with Crippen LogP contribution in [0.3, 0.4) is 0 Å². The average Bonchev–Trinajstić information content (AvgIpc) is 3.02. The zero-order valence-corrected chi connectivity index (χ0v) is 18.4. The van der Waals surface area contributed by atoms with Gasteiger partial charge in [-0.1, -0.05) is 11.6 Å². The molecule has 3 heterocycles. The van der Waals surface area contributed by atoms with E-state index in [9.17, 15) is 10.2 Å². The summed E-state index contributed by atoms with van der Waals surface area (Å²) >= 11 is 6.46. The highest BCUT2D eigenvalue weighted by Crippen LogP contribution is 2.40. The van der Waals surface area contributed by atoms with Crippen LogP contribution in [-0.4, -0.2) is 76.6 Å². The van der Waals surface area contributed by atoms with Crippen LogP contribution < -0.4 is 15.4 Å². The number of nitrogen functional groups attached to an aromatic ring is 1. The molecule has 2 aromatic heterocycles. The van der Waals surface area contributed by atoms with E-state index < -0.39 is 0 Å². The molecule has 0 saturated carbocycles. The highest BCUT2D eigenvalue weighted by molar-refractivity contribution is 6.30. The van der Waals surface area contributed by atoms with Gasteiger partial charge in [0.25, 0.3) is 0 Å². The quantitative estimate of drug-likeness (QED) is 0.496. The standard InChI is InChI=1S/C20H29ClN6O3/c1-12-8-23-15(13(2)17(12)30-3)11-27-10-14(9-26(4-6-28)5-7-29)16-18(21)24-20(22)25-19(16)27/h8,14,28-29H,4-7,9-11H2,1-3H3,(H2,22,24,25). The highest BCUT2D eigenvalue weighted by atomic mass is 35.5. The van der Waals surface area contributed by atoms with Crippen LogP contribution in [0.15, 0.2) is 6.20 Å². The van der Waals surface area contributed by atoms with E-state index in [1.165, 1.54) is 0 Å². The van der Waals surface area contributed by atoms with Crippen LogP contribution in [0.5, 0.6) is 5.75 Å². The molecule has 164 valence electrons. The van der Waals surface area contributed by atoms with Gasteiger partial charge in [-0.2, -0.15) is 4.98 Å². The van der Waals surface area contributed by atoms with E-state index in [1.54, 1.807) is 13.3 Å². The second-order valence-electron chi connectivity index (χ2n) is 7.48. The van der Waals surface area contributed by atoms with Crippen molar-refractivity contribution >= 4 is 23.4 Å². The van der Waals surface area contributed by atoms with Gasteiger partial charge in [0.15, 0.2) is 0 Å². The summed E-state index contributed by atoms with van der Waals surface area (Å²) in [5, 5.41) is 19.0. The molecule has 3 rings (SSSR count). The van der Waals surface area contributed by atoms with Crippen molar-refractivity contribution < 1.29 is 14.9 Å². The topological polar surface area (TPSA) is 121 Å². The molecule has 4 N–H and O–H groups in total. The number of aryl methyl sites for hydroxylation is 1. The van der Waals surface area contributed by atoms with Crippen LogP contribution >= 0.6 is 11.6 Å². The number of anilines is 2. The summed E-state index contributed by atoms with van der Waals surface area (Å²) in [4.78, 5) is 17.3. The van der Waals surface area contributed by atoms with Crippen LogP contribution in [0.4, 0.5) is 11.8 Å². The van der Waals surface area contributed by atoms with E-state index in [-0.39, 0.29) is 25.1 Å². The lowest BCUT2D eigenvalue weighted by atomic mass is 10.0. The lowest BCUT2D eigenvalue weighted by Gasteiger charge is -2.25. The first-order chi connectivity index (χ1) is 14.4. The van der Waals surface area contributed by atoms with Crippen LogP contribution in [-0.2, 0) is 6.54 Å². The Balaban J connectivity index is 1.92. The first-order valence-electron chi connectivity index (χ1n) is 9.90. The van der Waals surface area contributed by atoms with E-state index >= 15 is 0 Å². The third-order valence-electron chi connectivity index (χ3n) is 5.45. The Labute approximate surface area is 181 Å². The zero-order valence-electron chi connectivity index (χ0n) is 17.6. The second-order valence-corrected chi connectivity index (χ2v) is 7.84. The maximum atomic E-state index is 9.35. The normalized spacial score (nSPS) is 15.7. The minimum Gasteiger partial charge on any atom is -0.496 e. The van der Waals surface area contributed by atoms with Crippen molar-refractivity contribution in [2.75, 3.05) is 57.1 Å². The number of hydrogen-bond acceptors (Lipinski definition) is 9. The number of ether oxygens (including phenoxy) is 1. The summed E-state index contributed by atoms with van der Waals surface area (Å²) in [6, 6.07) is 0. The Morgan fingerprint density at radius 2 is 1.97 bits per heavy atom. The van der Waals surface area contributed by atoms with Crippen molar-refractivity contribution in [3.63, 3.8) is 0 Å². The third-order valence-corrected chi connectivity index (χ3v) is 5.73. The smallest absolute Gasteiger partial charge is 0.223 e. The summed E-state index contributed by atoms with van der Waals surface area (Å²) < 4.78 is 5.54. The number of nitrogens with zero attached hydrogens (tertiary/aromatic N) is 5. The molecule has 0 fully saturated rings. The number of aromatic nitrogens is 3. The predicted octanol–water partition coefficient (Wildman–Crippen LogP) is 1.12. The molecular weight excluding hydrogens is 408 g/mol. The van der Waals surface area contributed by atoms with Crippen LogP contribution in [0.25, 0.3) is 0 Å². The molecule has 10 heteroatoms. The zero-order chi connectivity index (χ0) is 21.8. The molecule has 1 unspecified atom stereocenters. The molecule has 1 aliphatic rings. The van der Waals surface area contributed by atoms with Gasteiger partial charge in [0.1, 0.15) is 16.7 Å². The van der Waals surface area contributed by atoms with E-state index in [4.69, 9.17) is 22.1 Å². The summed E-state index contributed by atoms with van der Waals surface area (Å²) in [6.07, 6.45) is 1.81. The Kier molecular flexibility index (Phi) is 7.30. The van der Waals surface area contributed by atoms with Crippen LogP contribution in [0.2, 0.25) is 5.15 Å². The van der Waals surface area contributed by atoms with Gasteiger partial charge in [-0.3, -0.25) is 9.88 Å². The first kappa shape index (κ1) is 22.5. The number of halogens is 1. The monoisotopic (exact) mass is 436 g/mol. The van der Waals surface area contributed by atoms with Crippen molar-refractivity contribution in [3.05, 3.63) is 33.7 Å². The van der Waals surface area contributed by atoms with Gasteiger partial charge in [0.2, 0.25) is 5.95 Å². The number of nitrogens with two attached hydrogens (primary N) is 1. The van der Waals surface area contributed by atoms with Crippen molar-refractivity contribution in [2.45, 2.75) is 26.3 Å². The fourth-order valence-electron chi connectivity index (χ4n) is 4.07. The molecule has 2 aromatic rings. The molecule has 0 bridgehead atoms. The maximum absolute atomic E-state index is 9.35. The fourth-order valence-corrected chi connectivity index (χ4v) is 4.40. The molecule has 0 aromatic carbocycles. The van der Waals surface area contributed by atoms with Gasteiger partial charge >= 0.3 is 0 Å². The molecule has 30 heavy (non-hydrogen) atoms. The van der Waals surface area contributed by atoms with E-state index in [2.05, 4.69) is 19.9 Å². The number of hydrogen-bond donors (Lipinski definition) is 3. The minimum absolute atomic E-state index is 0.0128. The fraction of sp³-hybridized carbons (Fsp3) is 0.550. The Morgan fingerprint density at radius 1 is 1.27 bits per heavy atom. The molecular formula is C20H29ClN6O3. The van der Waals surface area contributed by atoms with Crippen molar-refractivity contribution in [1.82, 2.24) is 19.9 Å². The second kappa shape index (κ2) is 9.74. The van der Waals surface area contributed by atoms with Crippen LogP contribution in [0, 0.1) is 13.8 Å². The number of aliphatic hydroxyl groups is 2. The lowest BCUT2D eigenvalue weighted by molar-refractivity contribution is 0.156. The van der Waals surface area contributed by atoms with E-state index in [0.717, 1.165) is 28.1 Å². The molecule has 0 spiro atoms. The summed E-state index contributed by atoms with van der Waals surface area (Å²) in [6.45, 7) is 6.72. The predicted molar refractivity (Wildman–Crippen MR) is 116 cm³/mol. The number of pyridine rings is 1. The lowest BCUT2D eigenvalue weighted by Crippen LogP contribution is -2.35. The minimum atomic E-state index is 0.0128. The summed E-state index contributed by atoms with van der Waals surface area (Å²) in [7, 11) is 1.66. The number of rotatable bonds is 9. The van der Waals surface area contributed by atoms with Gasteiger partial charge < -0.3 is 25.6 Å². The molecule has 0 saturated heterocycles.